The smallest absolute Gasteiger partial charge is 0.0716 e. The first-order valence-electron chi connectivity index (χ1n) is 30.3. The number of para-hydroxylation sites is 2. The molecule has 2 aliphatic rings. The van der Waals surface area contributed by atoms with Crippen LogP contribution in [0.3, 0.4) is 0 Å². The van der Waals surface area contributed by atoms with E-state index in [2.05, 4.69) is 330 Å². The molecule has 0 bridgehead atoms. The topological polar surface area (TPSA) is 6.48 Å². The highest BCUT2D eigenvalue weighted by Gasteiger charge is 2.48. The predicted octanol–water partition coefficient (Wildman–Crippen LogP) is 22.1. The van der Waals surface area contributed by atoms with Crippen LogP contribution in [-0.2, 0) is 10.8 Å². The number of anilines is 6. The van der Waals surface area contributed by atoms with Crippen molar-refractivity contribution in [3.05, 3.63) is 357 Å². The Labute approximate surface area is 504 Å². The Morgan fingerprint density at radius 3 is 0.907 bits per heavy atom. The summed E-state index contributed by atoms with van der Waals surface area (Å²) in [6, 6.07) is 106. The van der Waals surface area contributed by atoms with Gasteiger partial charge in [0.2, 0.25) is 0 Å². The molecule has 0 amide bonds. The second kappa shape index (κ2) is 19.7. The van der Waals surface area contributed by atoms with Crippen LogP contribution in [-0.4, -0.2) is 0 Å². The monoisotopic (exact) mass is 1100 g/mol. The van der Waals surface area contributed by atoms with Gasteiger partial charge in [-0.15, -0.1) is 0 Å². The molecular formula is C84H64N2. The summed E-state index contributed by atoms with van der Waals surface area (Å²) in [4.78, 5) is 5.15. The van der Waals surface area contributed by atoms with Crippen molar-refractivity contribution in [2.75, 3.05) is 9.80 Å². The molecule has 0 aliphatic heterocycles. The number of benzene rings is 14. The predicted molar refractivity (Wildman–Crippen MR) is 363 cm³/mol. The van der Waals surface area contributed by atoms with E-state index in [1.165, 1.54) is 144 Å². The third kappa shape index (κ3) is 7.26. The minimum absolute atomic E-state index is 0.562. The first kappa shape index (κ1) is 51.4. The highest BCUT2D eigenvalue weighted by Crippen LogP contribution is 2.60. The quantitative estimate of drug-likeness (QED) is 0.126. The molecule has 0 spiro atoms. The zero-order valence-corrected chi connectivity index (χ0v) is 49.5. The molecule has 0 saturated carbocycles. The van der Waals surface area contributed by atoms with Gasteiger partial charge in [-0.2, -0.15) is 0 Å². The highest BCUT2D eigenvalue weighted by molar-refractivity contribution is 6.28. The molecular weight excluding hydrogens is 1040 g/mol. The maximum absolute atomic E-state index is 2.57. The van der Waals surface area contributed by atoms with Crippen molar-refractivity contribution in [3.8, 4) is 22.3 Å². The zero-order chi connectivity index (χ0) is 58.0. The van der Waals surface area contributed by atoms with E-state index in [1.54, 1.807) is 0 Å². The SMILES string of the molecule is Cc1ccc(N(c2c(C)cccc2C)c2ccc3ccc4c(N(c5ccc(C)c(C6(c7ccccc7)c7ccccc7-c7ccccc76)c5)c5c(C)cccc5C)ccc5ccc2c3c54)cc1C1(c2ccccc2)c2ccccc2-c2ccccc21. The Balaban J connectivity index is 0.938. The van der Waals surface area contributed by atoms with Crippen molar-refractivity contribution in [1.29, 1.82) is 0 Å². The molecule has 2 aliphatic carbocycles. The number of hydrogen-bond acceptors (Lipinski definition) is 2. The molecule has 0 fully saturated rings. The van der Waals surface area contributed by atoms with Crippen molar-refractivity contribution in [2.45, 2.75) is 52.4 Å². The largest absolute Gasteiger partial charge is 0.309 e. The molecule has 0 unspecified atom stereocenters. The fraction of sp³-hybridized carbons (Fsp3) is 0.0952. The highest BCUT2D eigenvalue weighted by atomic mass is 15.2. The molecule has 14 aromatic rings. The molecule has 0 atom stereocenters. The minimum atomic E-state index is -0.562. The number of fused-ring (bicyclic) bond motifs is 6. The Kier molecular flexibility index (Phi) is 11.7. The normalized spacial score (nSPS) is 13.4. The van der Waals surface area contributed by atoms with E-state index >= 15 is 0 Å². The van der Waals surface area contributed by atoms with Crippen LogP contribution in [0.2, 0.25) is 0 Å². The molecule has 0 N–H and O–H groups in total. The molecule has 410 valence electrons. The summed E-state index contributed by atoms with van der Waals surface area (Å²) >= 11 is 0. The molecule has 14 aromatic carbocycles. The summed E-state index contributed by atoms with van der Waals surface area (Å²) in [7, 11) is 0. The lowest BCUT2D eigenvalue weighted by Gasteiger charge is -2.37. The molecule has 2 heteroatoms. The van der Waals surface area contributed by atoms with Crippen molar-refractivity contribution in [2.24, 2.45) is 0 Å². The van der Waals surface area contributed by atoms with Crippen LogP contribution in [0.5, 0.6) is 0 Å². The molecule has 0 aromatic heterocycles. The van der Waals surface area contributed by atoms with Gasteiger partial charge in [0.05, 0.1) is 33.6 Å². The Hall–Kier alpha value is -10.3. The number of rotatable bonds is 10. The van der Waals surface area contributed by atoms with Crippen molar-refractivity contribution < 1.29 is 0 Å². The molecule has 0 heterocycles. The van der Waals surface area contributed by atoms with Gasteiger partial charge in [0.1, 0.15) is 0 Å². The van der Waals surface area contributed by atoms with Crippen LogP contribution in [0.1, 0.15) is 77.9 Å². The van der Waals surface area contributed by atoms with E-state index in [9.17, 15) is 0 Å². The van der Waals surface area contributed by atoms with Gasteiger partial charge in [-0.05, 0) is 200 Å². The maximum Gasteiger partial charge on any atom is 0.0716 e. The second-order valence-corrected chi connectivity index (χ2v) is 24.2. The average Bonchev–Trinajstić information content (AvgIpc) is 1.52. The summed E-state index contributed by atoms with van der Waals surface area (Å²) in [6.07, 6.45) is 0. The Bertz CT molecular complexity index is 4580. The summed E-state index contributed by atoms with van der Waals surface area (Å²) in [5.74, 6) is 0. The fourth-order valence-corrected chi connectivity index (χ4v) is 15.9. The van der Waals surface area contributed by atoms with E-state index in [4.69, 9.17) is 0 Å². The Morgan fingerprint density at radius 2 is 0.558 bits per heavy atom. The summed E-state index contributed by atoms with van der Waals surface area (Å²) in [5.41, 5.74) is 28.6. The first-order valence-corrected chi connectivity index (χ1v) is 30.3. The van der Waals surface area contributed by atoms with E-state index < -0.39 is 10.8 Å². The van der Waals surface area contributed by atoms with Gasteiger partial charge < -0.3 is 9.80 Å². The van der Waals surface area contributed by atoms with Crippen LogP contribution in [0.4, 0.5) is 34.1 Å². The van der Waals surface area contributed by atoms with Gasteiger partial charge in [-0.25, -0.2) is 0 Å². The maximum atomic E-state index is 2.57. The van der Waals surface area contributed by atoms with Gasteiger partial charge in [0.15, 0.2) is 0 Å². The van der Waals surface area contributed by atoms with Crippen LogP contribution in [0.15, 0.2) is 279 Å². The number of nitrogens with zero attached hydrogens (tertiary/aromatic N) is 2. The lowest BCUT2D eigenvalue weighted by Crippen LogP contribution is -2.30. The van der Waals surface area contributed by atoms with E-state index in [1.807, 2.05) is 0 Å². The lowest BCUT2D eigenvalue weighted by molar-refractivity contribution is 0.761. The van der Waals surface area contributed by atoms with Crippen molar-refractivity contribution in [1.82, 2.24) is 0 Å². The van der Waals surface area contributed by atoms with Gasteiger partial charge in [0, 0.05) is 22.1 Å². The Morgan fingerprint density at radius 1 is 0.244 bits per heavy atom. The molecule has 0 saturated heterocycles. The third-order valence-corrected chi connectivity index (χ3v) is 19.5. The van der Waals surface area contributed by atoms with Crippen LogP contribution >= 0.6 is 0 Å². The molecule has 86 heavy (non-hydrogen) atoms. The molecule has 0 radical (unpaired) electrons. The number of hydrogen-bond donors (Lipinski definition) is 0. The first-order chi connectivity index (χ1) is 42.2. The summed E-state index contributed by atoms with van der Waals surface area (Å²) in [6.45, 7) is 13.7. The van der Waals surface area contributed by atoms with Crippen molar-refractivity contribution in [3.63, 3.8) is 0 Å². The van der Waals surface area contributed by atoms with E-state index in [0.717, 1.165) is 22.7 Å². The van der Waals surface area contributed by atoms with E-state index in [0.29, 0.717) is 0 Å². The summed E-state index contributed by atoms with van der Waals surface area (Å²) < 4.78 is 0. The van der Waals surface area contributed by atoms with Crippen LogP contribution in [0.25, 0.3) is 54.6 Å². The van der Waals surface area contributed by atoms with Crippen LogP contribution < -0.4 is 9.80 Å². The van der Waals surface area contributed by atoms with Gasteiger partial charge >= 0.3 is 0 Å². The fourth-order valence-electron chi connectivity index (χ4n) is 15.9. The van der Waals surface area contributed by atoms with Gasteiger partial charge in [-0.1, -0.05) is 243 Å². The van der Waals surface area contributed by atoms with Crippen LogP contribution in [0, 0.1) is 41.5 Å². The average molecular weight is 1100 g/mol. The van der Waals surface area contributed by atoms with Gasteiger partial charge in [0.25, 0.3) is 0 Å². The van der Waals surface area contributed by atoms with E-state index in [-0.39, 0.29) is 0 Å². The minimum Gasteiger partial charge on any atom is -0.309 e. The molecule has 2 nitrogen and oxygen atoms in total. The lowest BCUT2D eigenvalue weighted by atomic mass is 9.66. The summed E-state index contributed by atoms with van der Waals surface area (Å²) in [5, 5.41) is 7.36. The standard InChI is InChI=1S/C84H64N2/c1-53-39-45-63(51-75(53)83(61-27-9-7-10-28-61)71-35-17-13-31-65(71)66-32-14-18-36-72(66)83)85(81-55(3)23-21-24-56(81)4)77-49-43-59-42-48-70-78(50-44-60-41-47-69(77)79(59)80(60)70)86(82-57(5)25-22-26-58(82)6)64-46-40-54(2)76(52-64)84(62-29-11-8-12-30-62)73-37-19-15-33-67(73)68-34-16-20-38-74(68)84/h7-52H,1-6H3. The van der Waals surface area contributed by atoms with Crippen molar-refractivity contribution >= 4 is 66.4 Å². The third-order valence-electron chi connectivity index (χ3n) is 19.5. The number of aryl methyl sites for hydroxylation is 6. The molecule has 16 rings (SSSR count). The van der Waals surface area contributed by atoms with Gasteiger partial charge in [-0.3, -0.25) is 0 Å². The second-order valence-electron chi connectivity index (χ2n) is 24.2. The zero-order valence-electron chi connectivity index (χ0n) is 49.5.